The van der Waals surface area contributed by atoms with Gasteiger partial charge in [-0.25, -0.2) is 4.98 Å². The van der Waals surface area contributed by atoms with Crippen LogP contribution in [-0.4, -0.2) is 35.0 Å². The van der Waals surface area contributed by atoms with E-state index in [2.05, 4.69) is 15.3 Å². The van der Waals surface area contributed by atoms with Gasteiger partial charge in [0.2, 0.25) is 5.91 Å². The van der Waals surface area contributed by atoms with E-state index in [1.165, 1.54) is 0 Å². The fraction of sp³-hybridized carbons (Fsp3) is 0.500. The SMILES string of the molecule is CC1C(=O)NCCN1c1cnc(CN)cn1. The highest BCUT2D eigenvalue weighted by Crippen LogP contribution is 2.14. The van der Waals surface area contributed by atoms with E-state index in [4.69, 9.17) is 5.73 Å². The molecule has 1 amide bonds. The zero-order chi connectivity index (χ0) is 11.5. The number of nitrogens with zero attached hydrogens (tertiary/aromatic N) is 3. The maximum absolute atomic E-state index is 11.5. The van der Waals surface area contributed by atoms with E-state index in [1.54, 1.807) is 12.4 Å². The molecular formula is C10H15N5O. The predicted molar refractivity (Wildman–Crippen MR) is 59.7 cm³/mol. The molecule has 0 bridgehead atoms. The molecule has 0 radical (unpaired) electrons. The molecule has 3 N–H and O–H groups in total. The lowest BCUT2D eigenvalue weighted by Gasteiger charge is -2.33. The highest BCUT2D eigenvalue weighted by atomic mass is 16.2. The van der Waals surface area contributed by atoms with Gasteiger partial charge >= 0.3 is 0 Å². The van der Waals surface area contributed by atoms with Crippen molar-refractivity contribution in [3.05, 3.63) is 18.1 Å². The van der Waals surface area contributed by atoms with Crippen molar-refractivity contribution in [2.24, 2.45) is 5.73 Å². The summed E-state index contributed by atoms with van der Waals surface area (Å²) in [5.41, 5.74) is 6.20. The molecule has 0 saturated carbocycles. The number of amides is 1. The Morgan fingerprint density at radius 1 is 1.56 bits per heavy atom. The normalized spacial score (nSPS) is 20.8. The molecule has 0 spiro atoms. The summed E-state index contributed by atoms with van der Waals surface area (Å²) >= 11 is 0. The van der Waals surface area contributed by atoms with Gasteiger partial charge in [0.05, 0.1) is 18.1 Å². The van der Waals surface area contributed by atoms with Crippen LogP contribution in [0.2, 0.25) is 0 Å². The number of rotatable bonds is 2. The minimum absolute atomic E-state index is 0.0240. The standard InChI is InChI=1S/C10H15N5O/c1-7-10(16)12-2-3-15(7)9-6-13-8(4-11)5-14-9/h5-7H,2-4,11H2,1H3,(H,12,16). The Hall–Kier alpha value is -1.69. The van der Waals surface area contributed by atoms with E-state index in [-0.39, 0.29) is 11.9 Å². The molecule has 0 aliphatic carbocycles. The Kier molecular flexibility index (Phi) is 3.00. The van der Waals surface area contributed by atoms with E-state index < -0.39 is 0 Å². The van der Waals surface area contributed by atoms with Crippen molar-refractivity contribution in [1.82, 2.24) is 15.3 Å². The third-order valence-electron chi connectivity index (χ3n) is 2.69. The first kappa shape index (κ1) is 10.8. The zero-order valence-corrected chi connectivity index (χ0v) is 9.18. The zero-order valence-electron chi connectivity index (χ0n) is 9.18. The van der Waals surface area contributed by atoms with E-state index >= 15 is 0 Å². The van der Waals surface area contributed by atoms with Crippen LogP contribution >= 0.6 is 0 Å². The number of carbonyl (C=O) groups excluding carboxylic acids is 1. The van der Waals surface area contributed by atoms with Crippen LogP contribution in [0.25, 0.3) is 0 Å². The maximum Gasteiger partial charge on any atom is 0.242 e. The molecule has 0 aromatic carbocycles. The van der Waals surface area contributed by atoms with Crippen LogP contribution in [0.5, 0.6) is 0 Å². The van der Waals surface area contributed by atoms with Crippen LogP contribution in [0, 0.1) is 0 Å². The molecular weight excluding hydrogens is 206 g/mol. The van der Waals surface area contributed by atoms with Gasteiger partial charge in [-0.05, 0) is 6.92 Å². The molecule has 1 aromatic heterocycles. The first-order valence-electron chi connectivity index (χ1n) is 5.27. The molecule has 1 aliphatic heterocycles. The van der Waals surface area contributed by atoms with Crippen LogP contribution < -0.4 is 16.0 Å². The molecule has 86 valence electrons. The van der Waals surface area contributed by atoms with Crippen molar-refractivity contribution < 1.29 is 4.79 Å². The van der Waals surface area contributed by atoms with Gasteiger partial charge in [0.25, 0.3) is 0 Å². The van der Waals surface area contributed by atoms with Crippen LogP contribution in [0.1, 0.15) is 12.6 Å². The summed E-state index contributed by atoms with van der Waals surface area (Å²) < 4.78 is 0. The number of nitrogens with two attached hydrogens (primary N) is 1. The first-order chi connectivity index (χ1) is 7.72. The van der Waals surface area contributed by atoms with Gasteiger partial charge in [-0.1, -0.05) is 0 Å². The second kappa shape index (κ2) is 4.44. The maximum atomic E-state index is 11.5. The van der Waals surface area contributed by atoms with Crippen molar-refractivity contribution in [3.63, 3.8) is 0 Å². The van der Waals surface area contributed by atoms with Gasteiger partial charge in [-0.2, -0.15) is 0 Å². The average molecular weight is 221 g/mol. The van der Waals surface area contributed by atoms with Crippen molar-refractivity contribution >= 4 is 11.7 Å². The number of hydrogen-bond donors (Lipinski definition) is 2. The Bertz CT molecular complexity index is 377. The molecule has 1 aliphatic rings. The van der Waals surface area contributed by atoms with Crippen molar-refractivity contribution in [3.8, 4) is 0 Å². The minimum atomic E-state index is -0.202. The summed E-state index contributed by atoms with van der Waals surface area (Å²) in [7, 11) is 0. The summed E-state index contributed by atoms with van der Waals surface area (Å²) in [6, 6.07) is -0.202. The highest BCUT2D eigenvalue weighted by molar-refractivity contribution is 5.85. The number of aromatic nitrogens is 2. The topological polar surface area (TPSA) is 84.1 Å². The lowest BCUT2D eigenvalue weighted by molar-refractivity contribution is -0.122. The number of anilines is 1. The van der Waals surface area contributed by atoms with Crippen molar-refractivity contribution in [2.75, 3.05) is 18.0 Å². The predicted octanol–water partition coefficient (Wildman–Crippen LogP) is -0.740. The molecule has 1 saturated heterocycles. The van der Waals surface area contributed by atoms with E-state index in [0.717, 1.165) is 18.1 Å². The fourth-order valence-corrected chi connectivity index (χ4v) is 1.70. The number of piperazine rings is 1. The second-order valence-electron chi connectivity index (χ2n) is 3.73. The van der Waals surface area contributed by atoms with Gasteiger partial charge < -0.3 is 16.0 Å². The Morgan fingerprint density at radius 3 is 3.00 bits per heavy atom. The lowest BCUT2D eigenvalue weighted by Crippen LogP contribution is -2.54. The van der Waals surface area contributed by atoms with Crippen molar-refractivity contribution in [2.45, 2.75) is 19.5 Å². The summed E-state index contributed by atoms with van der Waals surface area (Å²) in [6.45, 7) is 3.63. The largest absolute Gasteiger partial charge is 0.353 e. The second-order valence-corrected chi connectivity index (χ2v) is 3.73. The molecule has 2 heterocycles. The van der Waals surface area contributed by atoms with Crippen molar-refractivity contribution in [1.29, 1.82) is 0 Å². The van der Waals surface area contributed by atoms with E-state index in [1.807, 2.05) is 11.8 Å². The summed E-state index contributed by atoms with van der Waals surface area (Å²) in [4.78, 5) is 21.8. The van der Waals surface area contributed by atoms with Gasteiger partial charge in [-0.3, -0.25) is 9.78 Å². The van der Waals surface area contributed by atoms with Gasteiger partial charge in [0.15, 0.2) is 0 Å². The molecule has 16 heavy (non-hydrogen) atoms. The van der Waals surface area contributed by atoms with Gasteiger partial charge in [0, 0.05) is 19.6 Å². The molecule has 1 atom stereocenters. The number of hydrogen-bond acceptors (Lipinski definition) is 5. The van der Waals surface area contributed by atoms with E-state index in [9.17, 15) is 4.79 Å². The third-order valence-corrected chi connectivity index (χ3v) is 2.69. The highest BCUT2D eigenvalue weighted by Gasteiger charge is 2.26. The third kappa shape index (κ3) is 1.96. The molecule has 1 fully saturated rings. The summed E-state index contributed by atoms with van der Waals surface area (Å²) in [5.74, 6) is 0.746. The fourth-order valence-electron chi connectivity index (χ4n) is 1.70. The lowest BCUT2D eigenvalue weighted by atomic mass is 10.2. The van der Waals surface area contributed by atoms with Gasteiger partial charge in [0.1, 0.15) is 11.9 Å². The van der Waals surface area contributed by atoms with Crippen LogP contribution in [-0.2, 0) is 11.3 Å². The quantitative estimate of drug-likeness (QED) is 0.687. The smallest absolute Gasteiger partial charge is 0.242 e. The average Bonchev–Trinajstić information content (AvgIpc) is 2.33. The summed E-state index contributed by atoms with van der Waals surface area (Å²) in [6.07, 6.45) is 3.31. The van der Waals surface area contributed by atoms with Crippen LogP contribution in [0.4, 0.5) is 5.82 Å². The minimum Gasteiger partial charge on any atom is -0.353 e. The summed E-state index contributed by atoms with van der Waals surface area (Å²) in [5, 5.41) is 2.81. The monoisotopic (exact) mass is 221 g/mol. The molecule has 1 aromatic rings. The first-order valence-corrected chi connectivity index (χ1v) is 5.27. The van der Waals surface area contributed by atoms with Crippen LogP contribution in [0.15, 0.2) is 12.4 Å². The molecule has 1 unspecified atom stereocenters. The molecule has 6 nitrogen and oxygen atoms in total. The Morgan fingerprint density at radius 2 is 2.38 bits per heavy atom. The van der Waals surface area contributed by atoms with Crippen LogP contribution in [0.3, 0.4) is 0 Å². The molecule has 2 rings (SSSR count). The molecule has 6 heteroatoms. The van der Waals surface area contributed by atoms with Gasteiger partial charge in [-0.15, -0.1) is 0 Å². The van der Waals surface area contributed by atoms with E-state index in [0.29, 0.717) is 13.1 Å². The Balaban J connectivity index is 2.19. The Labute approximate surface area is 93.9 Å². The number of carbonyl (C=O) groups is 1. The number of nitrogens with one attached hydrogen (secondary N) is 1.